The molecule has 1 saturated heterocycles. The zero-order valence-electron chi connectivity index (χ0n) is 8.87. The molecule has 3 heteroatoms. The third-order valence-corrected chi connectivity index (χ3v) is 4.28. The Balaban J connectivity index is 1.86. The minimum absolute atomic E-state index is 0.536. The maximum atomic E-state index is 5.97. The zero-order valence-corrected chi connectivity index (χ0v) is 10.4. The van der Waals surface area contributed by atoms with E-state index in [4.69, 9.17) is 11.6 Å². The number of hydrogen-bond donors (Lipinski definition) is 1. The lowest BCUT2D eigenvalue weighted by Gasteiger charge is -2.27. The summed E-state index contributed by atoms with van der Waals surface area (Å²) < 4.78 is 0. The van der Waals surface area contributed by atoms with Crippen molar-refractivity contribution in [3.05, 3.63) is 34.9 Å². The highest BCUT2D eigenvalue weighted by Gasteiger charge is 2.18. The van der Waals surface area contributed by atoms with E-state index in [-0.39, 0.29) is 0 Å². The molecular formula is C12H16ClNS. The first-order valence-electron chi connectivity index (χ1n) is 5.32. The van der Waals surface area contributed by atoms with Gasteiger partial charge in [-0.1, -0.05) is 30.7 Å². The van der Waals surface area contributed by atoms with Gasteiger partial charge in [-0.2, -0.15) is 11.8 Å². The first-order chi connectivity index (χ1) is 7.25. The summed E-state index contributed by atoms with van der Waals surface area (Å²) in [6.45, 7) is 3.29. The topological polar surface area (TPSA) is 12.0 Å². The molecule has 1 aromatic carbocycles. The summed E-state index contributed by atoms with van der Waals surface area (Å²) in [6, 6.07) is 8.88. The monoisotopic (exact) mass is 241 g/mol. The van der Waals surface area contributed by atoms with Crippen LogP contribution >= 0.6 is 23.4 Å². The Morgan fingerprint density at radius 2 is 2.33 bits per heavy atom. The summed E-state index contributed by atoms with van der Waals surface area (Å²) in [5.74, 6) is 3.07. The third-order valence-electron chi connectivity index (χ3n) is 2.77. The zero-order chi connectivity index (χ0) is 10.7. The van der Waals surface area contributed by atoms with Crippen molar-refractivity contribution in [2.45, 2.75) is 18.9 Å². The predicted octanol–water partition coefficient (Wildman–Crippen LogP) is 3.15. The normalized spacial score (nSPS) is 18.5. The highest BCUT2D eigenvalue weighted by atomic mass is 35.5. The molecule has 0 bridgehead atoms. The molecule has 1 N–H and O–H groups in total. The maximum absolute atomic E-state index is 5.97. The lowest BCUT2D eigenvalue weighted by Crippen LogP contribution is -2.41. The lowest BCUT2D eigenvalue weighted by atomic mass is 10.0. The first kappa shape index (κ1) is 11.3. The van der Waals surface area contributed by atoms with Gasteiger partial charge in [0.2, 0.25) is 0 Å². The van der Waals surface area contributed by atoms with Gasteiger partial charge in [0.05, 0.1) is 0 Å². The summed E-state index contributed by atoms with van der Waals surface area (Å²) in [5, 5.41) is 4.40. The van der Waals surface area contributed by atoms with Crippen molar-refractivity contribution in [3.63, 3.8) is 0 Å². The second-order valence-electron chi connectivity index (χ2n) is 4.10. The molecular weight excluding hydrogens is 226 g/mol. The minimum Gasteiger partial charge on any atom is -0.312 e. The molecule has 0 saturated carbocycles. The predicted molar refractivity (Wildman–Crippen MR) is 69.0 cm³/mol. The molecule has 1 atom stereocenters. The van der Waals surface area contributed by atoms with Crippen molar-refractivity contribution >= 4 is 23.4 Å². The smallest absolute Gasteiger partial charge is 0.0408 e. The van der Waals surface area contributed by atoms with Crippen LogP contribution in [-0.4, -0.2) is 24.1 Å². The molecule has 1 fully saturated rings. The van der Waals surface area contributed by atoms with E-state index in [1.165, 1.54) is 17.1 Å². The largest absolute Gasteiger partial charge is 0.312 e. The van der Waals surface area contributed by atoms with Gasteiger partial charge < -0.3 is 5.32 Å². The van der Waals surface area contributed by atoms with Crippen molar-refractivity contribution in [1.82, 2.24) is 5.32 Å². The van der Waals surface area contributed by atoms with E-state index in [9.17, 15) is 0 Å². The summed E-state index contributed by atoms with van der Waals surface area (Å²) in [4.78, 5) is 0. The molecule has 2 rings (SSSR count). The summed E-state index contributed by atoms with van der Waals surface area (Å²) in [5.41, 5.74) is 1.32. The molecule has 82 valence electrons. The van der Waals surface area contributed by atoms with Crippen LogP contribution in [0.2, 0.25) is 5.02 Å². The van der Waals surface area contributed by atoms with Gasteiger partial charge in [-0.05, 0) is 23.6 Å². The molecule has 1 aliphatic heterocycles. The molecule has 0 radical (unpaired) electrons. The Kier molecular flexibility index (Phi) is 3.95. The van der Waals surface area contributed by atoms with Gasteiger partial charge in [-0.25, -0.2) is 0 Å². The van der Waals surface area contributed by atoms with E-state index < -0.39 is 0 Å². The van der Waals surface area contributed by atoms with Crippen LogP contribution in [0.3, 0.4) is 0 Å². The summed E-state index contributed by atoms with van der Waals surface area (Å²) >= 11 is 7.98. The average Bonchev–Trinajstić information content (AvgIpc) is 2.15. The fourth-order valence-electron chi connectivity index (χ4n) is 1.63. The van der Waals surface area contributed by atoms with Crippen LogP contribution in [-0.2, 0) is 0 Å². The van der Waals surface area contributed by atoms with Crippen LogP contribution in [0.5, 0.6) is 0 Å². The van der Waals surface area contributed by atoms with Gasteiger partial charge >= 0.3 is 0 Å². The van der Waals surface area contributed by atoms with Gasteiger partial charge in [0.25, 0.3) is 0 Å². The van der Waals surface area contributed by atoms with E-state index in [0.717, 1.165) is 17.6 Å². The van der Waals surface area contributed by atoms with Crippen LogP contribution in [0, 0.1) is 0 Å². The van der Waals surface area contributed by atoms with Crippen LogP contribution in [0.4, 0.5) is 0 Å². The maximum Gasteiger partial charge on any atom is 0.0408 e. The van der Waals surface area contributed by atoms with Crippen molar-refractivity contribution in [2.75, 3.05) is 18.1 Å². The van der Waals surface area contributed by atoms with Crippen LogP contribution in [0.1, 0.15) is 18.4 Å². The number of nitrogens with one attached hydrogen (secondary N) is 1. The van der Waals surface area contributed by atoms with Crippen molar-refractivity contribution in [2.24, 2.45) is 0 Å². The first-order valence-corrected chi connectivity index (χ1v) is 6.85. The van der Waals surface area contributed by atoms with Crippen LogP contribution in [0.15, 0.2) is 24.3 Å². The average molecular weight is 242 g/mol. The molecule has 1 aromatic rings. The fraction of sp³-hybridized carbons (Fsp3) is 0.500. The summed E-state index contributed by atoms with van der Waals surface area (Å²) in [6.07, 6.45) is 0. The fourth-order valence-corrected chi connectivity index (χ4v) is 2.53. The van der Waals surface area contributed by atoms with E-state index in [2.05, 4.69) is 24.4 Å². The van der Waals surface area contributed by atoms with Crippen molar-refractivity contribution in [1.29, 1.82) is 0 Å². The van der Waals surface area contributed by atoms with Crippen molar-refractivity contribution < 1.29 is 0 Å². The number of rotatable bonds is 4. The van der Waals surface area contributed by atoms with E-state index in [1.807, 2.05) is 23.9 Å². The molecule has 1 aliphatic rings. The number of benzene rings is 1. The Morgan fingerprint density at radius 1 is 1.53 bits per heavy atom. The van der Waals surface area contributed by atoms with E-state index in [0.29, 0.717) is 5.92 Å². The second-order valence-corrected chi connectivity index (χ2v) is 5.61. The molecule has 1 heterocycles. The number of thioether (sulfide) groups is 1. The SMILES string of the molecule is CC(CNC1CSC1)c1cccc(Cl)c1. The Labute approximate surface area is 101 Å². The van der Waals surface area contributed by atoms with Gasteiger partial charge in [0.15, 0.2) is 0 Å². The van der Waals surface area contributed by atoms with Gasteiger partial charge in [-0.15, -0.1) is 0 Å². The van der Waals surface area contributed by atoms with Gasteiger partial charge in [0.1, 0.15) is 0 Å². The number of hydrogen-bond acceptors (Lipinski definition) is 2. The second kappa shape index (κ2) is 5.24. The van der Waals surface area contributed by atoms with E-state index in [1.54, 1.807) is 0 Å². The Hall–Kier alpha value is -0.180. The molecule has 15 heavy (non-hydrogen) atoms. The lowest BCUT2D eigenvalue weighted by molar-refractivity contribution is 0.544. The quantitative estimate of drug-likeness (QED) is 0.869. The molecule has 0 aliphatic carbocycles. The molecule has 0 aromatic heterocycles. The highest BCUT2D eigenvalue weighted by molar-refractivity contribution is 8.00. The standard InChI is InChI=1S/C12H16ClNS/c1-9(6-14-12-7-15-8-12)10-3-2-4-11(13)5-10/h2-5,9,12,14H,6-8H2,1H3. The van der Waals surface area contributed by atoms with Crippen LogP contribution in [0.25, 0.3) is 0 Å². The van der Waals surface area contributed by atoms with E-state index >= 15 is 0 Å². The molecule has 0 amide bonds. The number of halogens is 1. The summed E-state index contributed by atoms with van der Waals surface area (Å²) in [7, 11) is 0. The Morgan fingerprint density at radius 3 is 2.93 bits per heavy atom. The van der Waals surface area contributed by atoms with Crippen LogP contribution < -0.4 is 5.32 Å². The third kappa shape index (κ3) is 3.13. The Bertz CT molecular complexity index is 325. The highest BCUT2D eigenvalue weighted by Crippen LogP contribution is 2.21. The van der Waals surface area contributed by atoms with Crippen molar-refractivity contribution in [3.8, 4) is 0 Å². The molecule has 1 nitrogen and oxygen atoms in total. The molecule has 1 unspecified atom stereocenters. The van der Waals surface area contributed by atoms with Gasteiger partial charge in [-0.3, -0.25) is 0 Å². The molecule has 0 spiro atoms. The van der Waals surface area contributed by atoms with Gasteiger partial charge in [0, 0.05) is 29.1 Å². The minimum atomic E-state index is 0.536.